The first kappa shape index (κ1) is 16.3. The van der Waals surface area contributed by atoms with Crippen molar-refractivity contribution in [3.8, 4) is 5.75 Å². The summed E-state index contributed by atoms with van der Waals surface area (Å²) in [6, 6.07) is 9.22. The second-order valence-corrected chi connectivity index (χ2v) is 5.97. The van der Waals surface area contributed by atoms with E-state index in [9.17, 15) is 0 Å². The van der Waals surface area contributed by atoms with Crippen LogP contribution in [0.1, 0.15) is 32.4 Å². The van der Waals surface area contributed by atoms with Gasteiger partial charge in [-0.2, -0.15) is 0 Å². The Bertz CT molecular complexity index is 419. The lowest BCUT2D eigenvalue weighted by molar-refractivity contribution is -0.0564. The second-order valence-electron chi connectivity index (χ2n) is 5.97. The van der Waals surface area contributed by atoms with Crippen molar-refractivity contribution in [3.05, 3.63) is 29.8 Å². The number of benzene rings is 1. The fourth-order valence-corrected chi connectivity index (χ4v) is 2.52. The molecule has 1 fully saturated rings. The van der Waals surface area contributed by atoms with E-state index in [0.717, 1.165) is 25.4 Å². The zero-order chi connectivity index (χ0) is 15.2. The Balaban J connectivity index is 1.82. The number of rotatable bonds is 6. The molecule has 0 saturated carbocycles. The van der Waals surface area contributed by atoms with Crippen molar-refractivity contribution < 1.29 is 9.47 Å². The van der Waals surface area contributed by atoms with Gasteiger partial charge in [-0.05, 0) is 45.5 Å². The van der Waals surface area contributed by atoms with Gasteiger partial charge in [0.25, 0.3) is 0 Å². The van der Waals surface area contributed by atoms with E-state index < -0.39 is 0 Å². The molecule has 0 radical (unpaired) electrons. The zero-order valence-electron chi connectivity index (χ0n) is 13.6. The van der Waals surface area contributed by atoms with Crippen LogP contribution in [0.25, 0.3) is 0 Å². The lowest BCUT2D eigenvalue weighted by Crippen LogP contribution is -2.47. The number of nitrogens with one attached hydrogen (secondary N) is 1. The summed E-state index contributed by atoms with van der Waals surface area (Å²) in [7, 11) is 1.97. The molecule has 4 heteroatoms. The van der Waals surface area contributed by atoms with Gasteiger partial charge >= 0.3 is 0 Å². The molecule has 118 valence electrons. The van der Waals surface area contributed by atoms with Gasteiger partial charge in [0, 0.05) is 25.2 Å². The molecule has 21 heavy (non-hydrogen) atoms. The molecule has 2 atom stereocenters. The van der Waals surface area contributed by atoms with Gasteiger partial charge in [0.05, 0.1) is 6.61 Å². The number of nitrogens with zero attached hydrogens (tertiary/aromatic N) is 1. The predicted octanol–water partition coefficient (Wildman–Crippen LogP) is 2.46. The summed E-state index contributed by atoms with van der Waals surface area (Å²) < 4.78 is 11.7. The maximum Gasteiger partial charge on any atom is 0.119 e. The van der Waals surface area contributed by atoms with Crippen LogP contribution in [-0.4, -0.2) is 50.4 Å². The Morgan fingerprint density at radius 2 is 2.00 bits per heavy atom. The van der Waals surface area contributed by atoms with Crippen LogP contribution in [0.2, 0.25) is 0 Å². The van der Waals surface area contributed by atoms with Crippen molar-refractivity contribution in [1.29, 1.82) is 0 Å². The van der Waals surface area contributed by atoms with Crippen LogP contribution in [-0.2, 0) is 4.74 Å². The third kappa shape index (κ3) is 4.70. The summed E-state index contributed by atoms with van der Waals surface area (Å²) in [6.45, 7) is 9.98. The molecule has 0 aliphatic carbocycles. The van der Waals surface area contributed by atoms with Crippen LogP contribution >= 0.6 is 0 Å². The molecule has 2 rings (SSSR count). The molecular formula is C17H28N2O2. The van der Waals surface area contributed by atoms with Crippen LogP contribution in [0.3, 0.4) is 0 Å². The third-order valence-electron chi connectivity index (χ3n) is 4.15. The van der Waals surface area contributed by atoms with Crippen molar-refractivity contribution in [1.82, 2.24) is 10.2 Å². The molecule has 0 bridgehead atoms. The van der Waals surface area contributed by atoms with Crippen molar-refractivity contribution in [2.75, 3.05) is 33.4 Å². The monoisotopic (exact) mass is 292 g/mol. The number of ether oxygens (including phenoxy) is 2. The number of hydrogen-bond acceptors (Lipinski definition) is 4. The molecule has 1 N–H and O–H groups in total. The minimum absolute atomic E-state index is 0.164. The van der Waals surface area contributed by atoms with Gasteiger partial charge in [0.1, 0.15) is 18.5 Å². The van der Waals surface area contributed by atoms with Crippen molar-refractivity contribution in [2.24, 2.45) is 0 Å². The van der Waals surface area contributed by atoms with Crippen molar-refractivity contribution in [3.63, 3.8) is 0 Å². The van der Waals surface area contributed by atoms with Gasteiger partial charge in [-0.3, -0.25) is 4.90 Å². The van der Waals surface area contributed by atoms with Crippen LogP contribution < -0.4 is 10.1 Å². The molecule has 0 spiro atoms. The highest BCUT2D eigenvalue weighted by molar-refractivity contribution is 5.28. The second kappa shape index (κ2) is 7.78. The van der Waals surface area contributed by atoms with Gasteiger partial charge < -0.3 is 14.8 Å². The average molecular weight is 292 g/mol. The first-order valence-electron chi connectivity index (χ1n) is 7.86. The Kier molecular flexibility index (Phi) is 6.03. The summed E-state index contributed by atoms with van der Waals surface area (Å²) in [4.78, 5) is 2.44. The van der Waals surface area contributed by atoms with Gasteiger partial charge in [0.15, 0.2) is 0 Å². The quantitative estimate of drug-likeness (QED) is 0.873. The lowest BCUT2D eigenvalue weighted by Gasteiger charge is -2.35. The minimum Gasteiger partial charge on any atom is -0.491 e. The largest absolute Gasteiger partial charge is 0.491 e. The Labute approximate surface area is 128 Å². The van der Waals surface area contributed by atoms with E-state index in [1.165, 1.54) is 5.56 Å². The maximum atomic E-state index is 5.87. The topological polar surface area (TPSA) is 33.7 Å². The van der Waals surface area contributed by atoms with E-state index in [-0.39, 0.29) is 6.10 Å². The normalized spacial score (nSPS) is 21.5. The fraction of sp³-hybridized carbons (Fsp3) is 0.647. The maximum absolute atomic E-state index is 5.87. The Morgan fingerprint density at radius 1 is 1.29 bits per heavy atom. The predicted molar refractivity (Wildman–Crippen MR) is 85.9 cm³/mol. The van der Waals surface area contributed by atoms with E-state index in [4.69, 9.17) is 9.47 Å². The molecule has 1 heterocycles. The standard InChI is InChI=1S/C17H28N2O2/c1-13(2)19-9-10-20-17(11-19)12-21-16-7-5-15(6-8-16)14(3)18-4/h5-8,13-14,17-18H,9-12H2,1-4H3. The van der Waals surface area contributed by atoms with Crippen LogP contribution in [0.15, 0.2) is 24.3 Å². The lowest BCUT2D eigenvalue weighted by atomic mass is 10.1. The highest BCUT2D eigenvalue weighted by Gasteiger charge is 2.22. The smallest absolute Gasteiger partial charge is 0.119 e. The molecule has 2 unspecified atom stereocenters. The van der Waals surface area contributed by atoms with Crippen LogP contribution in [0.5, 0.6) is 5.75 Å². The van der Waals surface area contributed by atoms with Crippen LogP contribution in [0.4, 0.5) is 0 Å². The SMILES string of the molecule is CNC(C)c1ccc(OCC2CN(C(C)C)CCO2)cc1. The van der Waals surface area contributed by atoms with Gasteiger partial charge in [-0.25, -0.2) is 0 Å². The Hall–Kier alpha value is -1.10. The van der Waals surface area contributed by atoms with E-state index in [1.54, 1.807) is 0 Å². The zero-order valence-corrected chi connectivity index (χ0v) is 13.6. The Morgan fingerprint density at radius 3 is 2.62 bits per heavy atom. The fourth-order valence-electron chi connectivity index (χ4n) is 2.52. The van der Waals surface area contributed by atoms with Gasteiger partial charge in [-0.1, -0.05) is 12.1 Å². The average Bonchev–Trinajstić information content (AvgIpc) is 2.53. The highest BCUT2D eigenvalue weighted by atomic mass is 16.5. The van der Waals surface area contributed by atoms with Gasteiger partial charge in [0.2, 0.25) is 0 Å². The number of hydrogen-bond donors (Lipinski definition) is 1. The minimum atomic E-state index is 0.164. The first-order chi connectivity index (χ1) is 10.1. The van der Waals surface area contributed by atoms with Crippen molar-refractivity contribution in [2.45, 2.75) is 39.0 Å². The molecule has 0 amide bonds. The summed E-state index contributed by atoms with van der Waals surface area (Å²) >= 11 is 0. The van der Waals surface area contributed by atoms with Crippen molar-refractivity contribution >= 4 is 0 Å². The van der Waals surface area contributed by atoms with E-state index in [1.807, 2.05) is 19.2 Å². The number of morpholine rings is 1. The molecule has 0 aromatic heterocycles. The summed E-state index contributed by atoms with van der Waals surface area (Å²) in [5.41, 5.74) is 1.27. The molecule has 1 aromatic carbocycles. The third-order valence-corrected chi connectivity index (χ3v) is 4.15. The summed E-state index contributed by atoms with van der Waals surface area (Å²) in [5.74, 6) is 0.910. The molecular weight excluding hydrogens is 264 g/mol. The van der Waals surface area contributed by atoms with Gasteiger partial charge in [-0.15, -0.1) is 0 Å². The summed E-state index contributed by atoms with van der Waals surface area (Å²) in [5, 5.41) is 3.23. The molecule has 1 aromatic rings. The first-order valence-corrected chi connectivity index (χ1v) is 7.86. The molecule has 1 aliphatic rings. The molecule has 1 saturated heterocycles. The molecule has 1 aliphatic heterocycles. The molecule has 4 nitrogen and oxygen atoms in total. The van der Waals surface area contributed by atoms with E-state index in [2.05, 4.69) is 43.1 Å². The summed E-state index contributed by atoms with van der Waals surface area (Å²) in [6.07, 6.45) is 0.164. The van der Waals surface area contributed by atoms with E-state index >= 15 is 0 Å². The van der Waals surface area contributed by atoms with E-state index in [0.29, 0.717) is 18.7 Å². The van der Waals surface area contributed by atoms with Crippen LogP contribution in [0, 0.1) is 0 Å². The highest BCUT2D eigenvalue weighted by Crippen LogP contribution is 2.18.